The van der Waals surface area contributed by atoms with E-state index in [9.17, 15) is 9.50 Å². The fourth-order valence-corrected chi connectivity index (χ4v) is 3.24. The van der Waals surface area contributed by atoms with Gasteiger partial charge in [-0.15, -0.1) is 11.3 Å². The number of aliphatic imine (C=N–C) groups is 1. The van der Waals surface area contributed by atoms with Crippen molar-refractivity contribution in [3.8, 4) is 0 Å². The summed E-state index contributed by atoms with van der Waals surface area (Å²) in [7, 11) is 3.62. The van der Waals surface area contributed by atoms with Crippen molar-refractivity contribution in [2.75, 3.05) is 32.1 Å². The molecule has 142 valence electrons. The first-order valence-corrected chi connectivity index (χ1v) is 9.45. The number of nitrogens with zero attached hydrogens (tertiary/aromatic N) is 2. The predicted octanol–water partition coefficient (Wildman–Crippen LogP) is 2.92. The fourth-order valence-electron chi connectivity index (χ4n) is 2.45. The maximum atomic E-state index is 14.1. The van der Waals surface area contributed by atoms with Crippen LogP contribution in [-0.2, 0) is 12.1 Å². The average Bonchev–Trinajstić information content (AvgIpc) is 3.12. The van der Waals surface area contributed by atoms with Gasteiger partial charge in [-0.05, 0) is 43.0 Å². The third-order valence-corrected chi connectivity index (χ3v) is 5.03. The summed E-state index contributed by atoms with van der Waals surface area (Å²) < 4.78 is 14.1. The van der Waals surface area contributed by atoms with Crippen LogP contribution in [0.4, 0.5) is 10.1 Å². The van der Waals surface area contributed by atoms with Crippen molar-refractivity contribution in [3.05, 3.63) is 52.0 Å². The summed E-state index contributed by atoms with van der Waals surface area (Å²) in [6.45, 7) is 5.11. The van der Waals surface area contributed by atoms with E-state index < -0.39 is 5.60 Å². The quantitative estimate of drug-likeness (QED) is 0.512. The normalized spacial score (nSPS) is 14.0. The maximum Gasteiger partial charge on any atom is 0.191 e. The fraction of sp³-hybridized carbons (Fsp3) is 0.421. The second-order valence-electron chi connectivity index (χ2n) is 6.48. The van der Waals surface area contributed by atoms with E-state index in [1.165, 1.54) is 17.4 Å². The van der Waals surface area contributed by atoms with Gasteiger partial charge in [-0.25, -0.2) is 9.38 Å². The van der Waals surface area contributed by atoms with Crippen molar-refractivity contribution in [1.82, 2.24) is 10.6 Å². The average molecular weight is 379 g/mol. The van der Waals surface area contributed by atoms with Gasteiger partial charge in [-0.2, -0.15) is 0 Å². The summed E-state index contributed by atoms with van der Waals surface area (Å²) in [5, 5.41) is 18.8. The van der Waals surface area contributed by atoms with E-state index in [0.29, 0.717) is 31.3 Å². The number of halogens is 1. The van der Waals surface area contributed by atoms with Crippen LogP contribution in [0.5, 0.6) is 0 Å². The van der Waals surface area contributed by atoms with Gasteiger partial charge < -0.3 is 20.6 Å². The number of guanidine groups is 1. The molecule has 0 saturated carbocycles. The van der Waals surface area contributed by atoms with E-state index in [2.05, 4.69) is 15.6 Å². The van der Waals surface area contributed by atoms with Gasteiger partial charge >= 0.3 is 0 Å². The number of aliphatic hydroxyl groups is 1. The zero-order valence-corrected chi connectivity index (χ0v) is 16.5. The van der Waals surface area contributed by atoms with Gasteiger partial charge in [0.1, 0.15) is 11.4 Å². The molecule has 1 aromatic heterocycles. The van der Waals surface area contributed by atoms with Crippen molar-refractivity contribution < 1.29 is 9.50 Å². The highest BCUT2D eigenvalue weighted by Gasteiger charge is 2.24. The van der Waals surface area contributed by atoms with E-state index in [0.717, 1.165) is 10.4 Å². The molecule has 2 aromatic rings. The molecule has 1 heterocycles. The Morgan fingerprint density at radius 1 is 1.31 bits per heavy atom. The number of rotatable bonds is 7. The SMILES string of the molecule is CCNC(=NCc1ccc(N(C)C)c(F)c1)NCC(C)(O)c1cccs1. The molecule has 0 aliphatic carbocycles. The summed E-state index contributed by atoms with van der Waals surface area (Å²) in [6, 6.07) is 8.95. The molecule has 0 spiro atoms. The van der Waals surface area contributed by atoms with E-state index in [4.69, 9.17) is 0 Å². The molecule has 1 atom stereocenters. The monoisotopic (exact) mass is 378 g/mol. The van der Waals surface area contributed by atoms with Gasteiger partial charge in [0.05, 0.1) is 18.8 Å². The molecule has 7 heteroatoms. The van der Waals surface area contributed by atoms with Gasteiger partial charge in [-0.1, -0.05) is 12.1 Å². The minimum atomic E-state index is -0.982. The van der Waals surface area contributed by atoms with E-state index >= 15 is 0 Å². The van der Waals surface area contributed by atoms with Crippen molar-refractivity contribution in [1.29, 1.82) is 0 Å². The summed E-state index contributed by atoms with van der Waals surface area (Å²) in [5.41, 5.74) is 0.356. The van der Waals surface area contributed by atoms with E-state index in [1.807, 2.05) is 44.6 Å². The Bertz CT molecular complexity index is 729. The molecule has 1 aromatic carbocycles. The van der Waals surface area contributed by atoms with Crippen LogP contribution in [0.15, 0.2) is 40.7 Å². The summed E-state index contributed by atoms with van der Waals surface area (Å²) in [4.78, 5) is 7.12. The Morgan fingerprint density at radius 3 is 2.65 bits per heavy atom. The first-order chi connectivity index (χ1) is 12.3. The Morgan fingerprint density at radius 2 is 2.08 bits per heavy atom. The molecule has 0 saturated heterocycles. The molecule has 0 amide bonds. The lowest BCUT2D eigenvalue weighted by Crippen LogP contribution is -2.44. The zero-order valence-electron chi connectivity index (χ0n) is 15.7. The first kappa shape index (κ1) is 20.2. The molecule has 0 aliphatic heterocycles. The molecular weight excluding hydrogens is 351 g/mol. The summed E-state index contributed by atoms with van der Waals surface area (Å²) >= 11 is 1.51. The van der Waals surface area contributed by atoms with Gasteiger partial charge in [0.2, 0.25) is 0 Å². The second kappa shape index (κ2) is 9.00. The summed E-state index contributed by atoms with van der Waals surface area (Å²) in [6.07, 6.45) is 0. The van der Waals surface area contributed by atoms with Crippen molar-refractivity contribution >= 4 is 23.0 Å². The standard InChI is InChI=1S/C19H27FN4OS/c1-5-21-18(23-13-19(2,25)17-7-6-10-26-17)22-12-14-8-9-16(24(3)4)15(20)11-14/h6-11,25H,5,12-13H2,1-4H3,(H2,21,22,23). The predicted molar refractivity (Wildman–Crippen MR) is 107 cm³/mol. The minimum Gasteiger partial charge on any atom is -0.383 e. The van der Waals surface area contributed by atoms with Crippen LogP contribution in [0.1, 0.15) is 24.3 Å². The van der Waals surface area contributed by atoms with Gasteiger partial charge in [0.15, 0.2) is 5.96 Å². The first-order valence-electron chi connectivity index (χ1n) is 8.57. The highest BCUT2D eigenvalue weighted by molar-refractivity contribution is 7.10. The zero-order chi connectivity index (χ0) is 19.2. The highest BCUT2D eigenvalue weighted by atomic mass is 32.1. The highest BCUT2D eigenvalue weighted by Crippen LogP contribution is 2.24. The lowest BCUT2D eigenvalue weighted by atomic mass is 10.1. The van der Waals surface area contributed by atoms with Crippen LogP contribution in [0.2, 0.25) is 0 Å². The Labute approximate surface area is 158 Å². The molecule has 0 aliphatic rings. The topological polar surface area (TPSA) is 59.9 Å². The number of hydrogen-bond acceptors (Lipinski definition) is 4. The number of hydrogen-bond donors (Lipinski definition) is 3. The maximum absolute atomic E-state index is 14.1. The van der Waals surface area contributed by atoms with E-state index in [1.54, 1.807) is 17.9 Å². The third kappa shape index (κ3) is 5.44. The van der Waals surface area contributed by atoms with Crippen molar-refractivity contribution in [3.63, 3.8) is 0 Å². The number of nitrogens with one attached hydrogen (secondary N) is 2. The van der Waals surface area contributed by atoms with Gasteiger partial charge in [-0.3, -0.25) is 0 Å². The third-order valence-electron chi connectivity index (χ3n) is 3.91. The Kier molecular flexibility index (Phi) is 6.99. The van der Waals surface area contributed by atoms with Crippen molar-refractivity contribution in [2.24, 2.45) is 4.99 Å². The van der Waals surface area contributed by atoms with Gasteiger partial charge in [0.25, 0.3) is 0 Å². The molecule has 2 rings (SSSR count). The molecule has 0 bridgehead atoms. The summed E-state index contributed by atoms with van der Waals surface area (Å²) in [5.74, 6) is 0.322. The molecule has 0 radical (unpaired) electrons. The van der Waals surface area contributed by atoms with Crippen LogP contribution in [0, 0.1) is 5.82 Å². The molecule has 3 N–H and O–H groups in total. The minimum absolute atomic E-state index is 0.263. The second-order valence-corrected chi connectivity index (χ2v) is 7.43. The lowest BCUT2D eigenvalue weighted by Gasteiger charge is -2.23. The van der Waals surface area contributed by atoms with Crippen LogP contribution in [0.3, 0.4) is 0 Å². The van der Waals surface area contributed by atoms with Crippen LogP contribution in [-0.4, -0.2) is 38.3 Å². The van der Waals surface area contributed by atoms with Crippen LogP contribution >= 0.6 is 11.3 Å². The Balaban J connectivity index is 2.03. The number of benzene rings is 1. The Hall–Kier alpha value is -2.12. The smallest absolute Gasteiger partial charge is 0.191 e. The number of thiophene rings is 1. The largest absolute Gasteiger partial charge is 0.383 e. The van der Waals surface area contributed by atoms with Crippen molar-refractivity contribution in [2.45, 2.75) is 26.0 Å². The van der Waals surface area contributed by atoms with Crippen LogP contribution < -0.4 is 15.5 Å². The lowest BCUT2D eigenvalue weighted by molar-refractivity contribution is 0.0655. The van der Waals surface area contributed by atoms with E-state index in [-0.39, 0.29) is 5.82 Å². The number of anilines is 1. The molecule has 5 nitrogen and oxygen atoms in total. The molecular formula is C19H27FN4OS. The molecule has 1 unspecified atom stereocenters. The van der Waals surface area contributed by atoms with Gasteiger partial charge in [0, 0.05) is 25.5 Å². The molecule has 0 fully saturated rings. The molecule has 26 heavy (non-hydrogen) atoms. The van der Waals surface area contributed by atoms with Crippen LogP contribution in [0.25, 0.3) is 0 Å².